The molecule has 0 unspecified atom stereocenters. The molecule has 0 amide bonds. The molecule has 2 aromatic rings. The molecular weight excluding hydrogens is 182 g/mol. The third-order valence-corrected chi connectivity index (χ3v) is 2.30. The van der Waals surface area contributed by atoms with Gasteiger partial charge in [-0.2, -0.15) is 0 Å². The molecule has 1 nitrogen and oxygen atoms in total. The Balaban J connectivity index is 0.000000531. The van der Waals surface area contributed by atoms with Crippen LogP contribution in [0.1, 0.15) is 33.3 Å². The molecule has 0 aliphatic heterocycles. The summed E-state index contributed by atoms with van der Waals surface area (Å²) in [5.41, 5.74) is 2.68. The van der Waals surface area contributed by atoms with Crippen molar-refractivity contribution in [2.45, 2.75) is 34.1 Å². The minimum atomic E-state index is 0.721. The smallest absolute Gasteiger partial charge is 0.0456 e. The zero-order valence-electron chi connectivity index (χ0n) is 10.2. The van der Waals surface area contributed by atoms with Gasteiger partial charge >= 0.3 is 0 Å². The van der Waals surface area contributed by atoms with Crippen LogP contribution in [-0.4, -0.2) is 4.98 Å². The van der Waals surface area contributed by atoms with E-state index in [2.05, 4.69) is 49.3 Å². The largest absolute Gasteiger partial charge is 0.361 e. The third-order valence-electron chi connectivity index (χ3n) is 2.30. The second kappa shape index (κ2) is 5.59. The number of hydrogen-bond acceptors (Lipinski definition) is 0. The maximum Gasteiger partial charge on any atom is 0.0456 e. The monoisotopic (exact) mass is 203 g/mol. The average molecular weight is 203 g/mol. The second-order valence-corrected chi connectivity index (χ2v) is 3.96. The SMILES string of the molecule is CC.CC(C)Cc1c[nH]c2ccccc12. The Morgan fingerprint density at radius 3 is 2.47 bits per heavy atom. The fourth-order valence-corrected chi connectivity index (χ4v) is 1.74. The first kappa shape index (κ1) is 11.8. The van der Waals surface area contributed by atoms with E-state index in [1.54, 1.807) is 0 Å². The highest BCUT2D eigenvalue weighted by molar-refractivity contribution is 5.83. The highest BCUT2D eigenvalue weighted by atomic mass is 14.7. The number of rotatable bonds is 2. The van der Waals surface area contributed by atoms with Crippen molar-refractivity contribution < 1.29 is 0 Å². The fraction of sp³-hybridized carbons (Fsp3) is 0.429. The van der Waals surface area contributed by atoms with E-state index in [4.69, 9.17) is 0 Å². The molecule has 15 heavy (non-hydrogen) atoms. The molecule has 0 atom stereocenters. The van der Waals surface area contributed by atoms with Gasteiger partial charge in [0.1, 0.15) is 0 Å². The number of H-pyrrole nitrogens is 1. The Labute approximate surface area is 92.5 Å². The minimum absolute atomic E-state index is 0.721. The summed E-state index contributed by atoms with van der Waals surface area (Å²) in [5.74, 6) is 0.721. The number of para-hydroxylation sites is 1. The van der Waals surface area contributed by atoms with Crippen LogP contribution in [0.15, 0.2) is 30.5 Å². The molecule has 0 saturated heterocycles. The van der Waals surface area contributed by atoms with E-state index in [1.165, 1.54) is 16.5 Å². The summed E-state index contributed by atoms with van der Waals surface area (Å²) in [4.78, 5) is 3.29. The van der Waals surface area contributed by atoms with Gasteiger partial charge in [0.05, 0.1) is 0 Å². The van der Waals surface area contributed by atoms with Crippen LogP contribution in [0.2, 0.25) is 0 Å². The van der Waals surface area contributed by atoms with Crippen LogP contribution in [0.4, 0.5) is 0 Å². The predicted molar refractivity (Wildman–Crippen MR) is 68.2 cm³/mol. The van der Waals surface area contributed by atoms with Crippen LogP contribution in [-0.2, 0) is 6.42 Å². The molecule has 1 heterocycles. The quantitative estimate of drug-likeness (QED) is 0.745. The zero-order chi connectivity index (χ0) is 11.3. The first-order chi connectivity index (χ1) is 7.27. The first-order valence-corrected chi connectivity index (χ1v) is 5.82. The fourth-order valence-electron chi connectivity index (χ4n) is 1.74. The Kier molecular flexibility index (Phi) is 4.41. The molecule has 0 spiro atoms. The normalized spacial score (nSPS) is 10.2. The van der Waals surface area contributed by atoms with Gasteiger partial charge in [0, 0.05) is 17.1 Å². The molecule has 2 rings (SSSR count). The van der Waals surface area contributed by atoms with E-state index in [1.807, 2.05) is 13.8 Å². The number of benzene rings is 1. The molecule has 1 N–H and O–H groups in total. The number of nitrogens with one attached hydrogen (secondary N) is 1. The van der Waals surface area contributed by atoms with E-state index < -0.39 is 0 Å². The molecule has 1 aromatic heterocycles. The van der Waals surface area contributed by atoms with Crippen molar-refractivity contribution in [1.82, 2.24) is 4.98 Å². The van der Waals surface area contributed by atoms with E-state index in [0.717, 1.165) is 12.3 Å². The number of aromatic amines is 1. The Morgan fingerprint density at radius 2 is 1.80 bits per heavy atom. The topological polar surface area (TPSA) is 15.8 Å². The van der Waals surface area contributed by atoms with Gasteiger partial charge in [0.15, 0.2) is 0 Å². The molecular formula is C14H21N. The van der Waals surface area contributed by atoms with Crippen LogP contribution < -0.4 is 0 Å². The first-order valence-electron chi connectivity index (χ1n) is 5.82. The third kappa shape index (κ3) is 2.85. The van der Waals surface area contributed by atoms with Gasteiger partial charge < -0.3 is 4.98 Å². The van der Waals surface area contributed by atoms with Crippen molar-refractivity contribution in [3.63, 3.8) is 0 Å². The minimum Gasteiger partial charge on any atom is -0.361 e. The highest BCUT2D eigenvalue weighted by Gasteiger charge is 2.03. The summed E-state index contributed by atoms with van der Waals surface area (Å²) in [5, 5.41) is 1.37. The van der Waals surface area contributed by atoms with E-state index in [-0.39, 0.29) is 0 Å². The molecule has 0 radical (unpaired) electrons. The predicted octanol–water partition coefficient (Wildman–Crippen LogP) is 4.39. The standard InChI is InChI=1S/C12H15N.C2H6/c1-9(2)7-10-8-13-12-6-4-3-5-11(10)12;1-2/h3-6,8-9,13H,7H2,1-2H3;1-2H3. The Bertz CT molecular complexity index is 398. The lowest BCUT2D eigenvalue weighted by atomic mass is 10.0. The van der Waals surface area contributed by atoms with Crippen molar-refractivity contribution in [3.8, 4) is 0 Å². The van der Waals surface area contributed by atoms with Crippen LogP contribution in [0.3, 0.4) is 0 Å². The van der Waals surface area contributed by atoms with Gasteiger partial charge in [-0.25, -0.2) is 0 Å². The van der Waals surface area contributed by atoms with E-state index >= 15 is 0 Å². The second-order valence-electron chi connectivity index (χ2n) is 3.96. The lowest BCUT2D eigenvalue weighted by molar-refractivity contribution is 0.650. The lowest BCUT2D eigenvalue weighted by Crippen LogP contribution is -1.91. The van der Waals surface area contributed by atoms with Crippen LogP contribution in [0, 0.1) is 5.92 Å². The molecule has 1 aromatic carbocycles. The van der Waals surface area contributed by atoms with Gasteiger partial charge in [-0.1, -0.05) is 45.9 Å². The molecule has 82 valence electrons. The van der Waals surface area contributed by atoms with Crippen LogP contribution >= 0.6 is 0 Å². The summed E-state index contributed by atoms with van der Waals surface area (Å²) in [6, 6.07) is 8.47. The molecule has 0 aliphatic carbocycles. The van der Waals surface area contributed by atoms with Crippen LogP contribution in [0.25, 0.3) is 10.9 Å². The van der Waals surface area contributed by atoms with Gasteiger partial charge in [0.25, 0.3) is 0 Å². The van der Waals surface area contributed by atoms with Crippen molar-refractivity contribution in [3.05, 3.63) is 36.0 Å². The number of aromatic nitrogens is 1. The Hall–Kier alpha value is -1.24. The lowest BCUT2D eigenvalue weighted by Gasteiger charge is -2.01. The van der Waals surface area contributed by atoms with Gasteiger partial charge in [-0.15, -0.1) is 0 Å². The zero-order valence-corrected chi connectivity index (χ0v) is 10.2. The summed E-state index contributed by atoms with van der Waals surface area (Å²) in [7, 11) is 0. The summed E-state index contributed by atoms with van der Waals surface area (Å²) in [6.07, 6.45) is 3.29. The molecule has 0 fully saturated rings. The van der Waals surface area contributed by atoms with Crippen molar-refractivity contribution in [1.29, 1.82) is 0 Å². The maximum atomic E-state index is 3.29. The van der Waals surface area contributed by atoms with Crippen LogP contribution in [0.5, 0.6) is 0 Å². The van der Waals surface area contributed by atoms with E-state index in [0.29, 0.717) is 0 Å². The van der Waals surface area contributed by atoms with E-state index in [9.17, 15) is 0 Å². The number of fused-ring (bicyclic) bond motifs is 1. The molecule has 0 aliphatic rings. The van der Waals surface area contributed by atoms with Crippen molar-refractivity contribution >= 4 is 10.9 Å². The Morgan fingerprint density at radius 1 is 1.13 bits per heavy atom. The molecule has 0 saturated carbocycles. The summed E-state index contributed by atoms with van der Waals surface area (Å²) >= 11 is 0. The average Bonchev–Trinajstić information content (AvgIpc) is 2.64. The molecule has 0 bridgehead atoms. The van der Waals surface area contributed by atoms with Gasteiger partial charge in [0.2, 0.25) is 0 Å². The van der Waals surface area contributed by atoms with Crippen molar-refractivity contribution in [2.75, 3.05) is 0 Å². The maximum absolute atomic E-state index is 3.29. The summed E-state index contributed by atoms with van der Waals surface area (Å²) < 4.78 is 0. The van der Waals surface area contributed by atoms with Gasteiger partial charge in [-0.05, 0) is 24.0 Å². The molecule has 1 heteroatoms. The number of hydrogen-bond donors (Lipinski definition) is 1. The van der Waals surface area contributed by atoms with Crippen molar-refractivity contribution in [2.24, 2.45) is 5.92 Å². The van der Waals surface area contributed by atoms with Gasteiger partial charge in [-0.3, -0.25) is 0 Å². The summed E-state index contributed by atoms with van der Waals surface area (Å²) in [6.45, 7) is 8.50. The highest BCUT2D eigenvalue weighted by Crippen LogP contribution is 2.20.